The number of piperidine rings is 1. The van der Waals surface area contributed by atoms with Gasteiger partial charge in [-0.1, -0.05) is 30.3 Å². The van der Waals surface area contributed by atoms with E-state index in [1.807, 2.05) is 36.4 Å². The van der Waals surface area contributed by atoms with Crippen molar-refractivity contribution >= 4 is 11.7 Å². The number of benzene rings is 1. The number of anilines is 1. The van der Waals surface area contributed by atoms with E-state index < -0.39 is 0 Å². The van der Waals surface area contributed by atoms with E-state index in [1.54, 1.807) is 13.2 Å². The van der Waals surface area contributed by atoms with Crippen molar-refractivity contribution in [3.05, 3.63) is 42.6 Å². The Labute approximate surface area is 130 Å². The van der Waals surface area contributed by atoms with E-state index >= 15 is 0 Å². The van der Waals surface area contributed by atoms with Crippen LogP contribution < -0.4 is 10.2 Å². The van der Waals surface area contributed by atoms with Crippen LogP contribution in [0.5, 0.6) is 0 Å². The molecule has 1 aliphatic heterocycles. The van der Waals surface area contributed by atoms with Crippen LogP contribution in [0.4, 0.5) is 5.82 Å². The lowest BCUT2D eigenvalue weighted by Crippen LogP contribution is -2.42. The molecule has 114 valence electrons. The average molecular weight is 296 g/mol. The SMILES string of the molecule is CNC(=O)C1CCCN(c2ccnc(-c3ccccc3)n2)C1. The van der Waals surface area contributed by atoms with Crippen molar-refractivity contribution in [3.63, 3.8) is 0 Å². The molecule has 5 heteroatoms. The zero-order chi connectivity index (χ0) is 15.4. The highest BCUT2D eigenvalue weighted by molar-refractivity contribution is 5.79. The molecule has 0 aliphatic carbocycles. The molecule has 0 saturated carbocycles. The summed E-state index contributed by atoms with van der Waals surface area (Å²) in [6.45, 7) is 1.64. The summed E-state index contributed by atoms with van der Waals surface area (Å²) in [5.74, 6) is 1.76. The third-order valence-corrected chi connectivity index (χ3v) is 4.04. The number of hydrogen-bond donors (Lipinski definition) is 1. The Kier molecular flexibility index (Phi) is 4.32. The Morgan fingerprint density at radius 3 is 2.86 bits per heavy atom. The van der Waals surface area contributed by atoms with E-state index in [-0.39, 0.29) is 11.8 Å². The average Bonchev–Trinajstić information content (AvgIpc) is 2.62. The first kappa shape index (κ1) is 14.5. The van der Waals surface area contributed by atoms with Crippen LogP contribution >= 0.6 is 0 Å². The van der Waals surface area contributed by atoms with Crippen LogP contribution in [0.25, 0.3) is 11.4 Å². The number of carbonyl (C=O) groups is 1. The second kappa shape index (κ2) is 6.56. The molecule has 1 fully saturated rings. The summed E-state index contributed by atoms with van der Waals surface area (Å²) in [6.07, 6.45) is 3.73. The molecule has 1 unspecified atom stereocenters. The summed E-state index contributed by atoms with van der Waals surface area (Å²) in [5.41, 5.74) is 1.00. The van der Waals surface area contributed by atoms with E-state index in [0.29, 0.717) is 6.54 Å². The Bertz CT molecular complexity index is 644. The Morgan fingerprint density at radius 1 is 1.27 bits per heavy atom. The maximum atomic E-state index is 11.9. The third kappa shape index (κ3) is 3.08. The molecular weight excluding hydrogens is 276 g/mol. The summed E-state index contributed by atoms with van der Waals surface area (Å²) in [5, 5.41) is 2.75. The number of carbonyl (C=O) groups excluding carboxylic acids is 1. The maximum Gasteiger partial charge on any atom is 0.224 e. The molecule has 1 amide bonds. The zero-order valence-electron chi connectivity index (χ0n) is 12.7. The predicted octanol–water partition coefficient (Wildman–Crippen LogP) is 2.11. The normalized spacial score (nSPS) is 18.0. The van der Waals surface area contributed by atoms with Gasteiger partial charge in [0.25, 0.3) is 0 Å². The molecule has 2 heterocycles. The highest BCUT2D eigenvalue weighted by atomic mass is 16.1. The van der Waals surface area contributed by atoms with E-state index in [9.17, 15) is 4.79 Å². The topological polar surface area (TPSA) is 58.1 Å². The van der Waals surface area contributed by atoms with Gasteiger partial charge in [-0.05, 0) is 18.9 Å². The van der Waals surface area contributed by atoms with Crippen molar-refractivity contribution in [1.82, 2.24) is 15.3 Å². The molecule has 2 aromatic rings. The second-order valence-electron chi connectivity index (χ2n) is 5.50. The van der Waals surface area contributed by atoms with Crippen LogP contribution in [-0.2, 0) is 4.79 Å². The molecule has 1 aromatic carbocycles. The number of nitrogens with one attached hydrogen (secondary N) is 1. The smallest absolute Gasteiger partial charge is 0.224 e. The first-order chi connectivity index (χ1) is 10.8. The lowest BCUT2D eigenvalue weighted by Gasteiger charge is -2.32. The van der Waals surface area contributed by atoms with Crippen molar-refractivity contribution in [2.45, 2.75) is 12.8 Å². The van der Waals surface area contributed by atoms with Gasteiger partial charge in [0.2, 0.25) is 5.91 Å². The molecule has 1 saturated heterocycles. The van der Waals surface area contributed by atoms with Crippen molar-refractivity contribution in [2.75, 3.05) is 25.0 Å². The monoisotopic (exact) mass is 296 g/mol. The van der Waals surface area contributed by atoms with Gasteiger partial charge in [0.1, 0.15) is 5.82 Å². The molecule has 0 radical (unpaired) electrons. The summed E-state index contributed by atoms with van der Waals surface area (Å²) >= 11 is 0. The molecule has 1 aromatic heterocycles. The Hall–Kier alpha value is -2.43. The van der Waals surface area contributed by atoms with Gasteiger partial charge in [-0.3, -0.25) is 4.79 Å². The molecule has 1 N–H and O–H groups in total. The van der Waals surface area contributed by atoms with Gasteiger partial charge in [0, 0.05) is 31.9 Å². The van der Waals surface area contributed by atoms with Gasteiger partial charge in [-0.25, -0.2) is 9.97 Å². The molecule has 0 bridgehead atoms. The standard InChI is InChI=1S/C17H20N4O/c1-18-17(22)14-8-5-11-21(12-14)15-9-10-19-16(20-15)13-6-3-2-4-7-13/h2-4,6-7,9-10,14H,5,8,11-12H2,1H3,(H,18,22). The summed E-state index contributed by atoms with van der Waals surface area (Å²) in [4.78, 5) is 23.1. The van der Waals surface area contributed by atoms with E-state index in [0.717, 1.165) is 36.6 Å². The van der Waals surface area contributed by atoms with Crippen LogP contribution in [0.15, 0.2) is 42.6 Å². The summed E-state index contributed by atoms with van der Waals surface area (Å²) in [7, 11) is 1.69. The largest absolute Gasteiger partial charge is 0.359 e. The number of amides is 1. The molecule has 5 nitrogen and oxygen atoms in total. The number of aromatic nitrogens is 2. The number of rotatable bonds is 3. The van der Waals surface area contributed by atoms with Crippen LogP contribution in [0.1, 0.15) is 12.8 Å². The highest BCUT2D eigenvalue weighted by Gasteiger charge is 2.25. The summed E-state index contributed by atoms with van der Waals surface area (Å²) < 4.78 is 0. The van der Waals surface area contributed by atoms with Crippen molar-refractivity contribution in [2.24, 2.45) is 5.92 Å². The Balaban J connectivity index is 1.81. The summed E-state index contributed by atoms with van der Waals surface area (Å²) in [6, 6.07) is 11.9. The molecule has 3 rings (SSSR count). The minimum absolute atomic E-state index is 0.0360. The molecular formula is C17H20N4O. The molecule has 1 aliphatic rings. The van der Waals surface area contributed by atoms with E-state index in [1.165, 1.54) is 0 Å². The molecule has 22 heavy (non-hydrogen) atoms. The fourth-order valence-electron chi connectivity index (χ4n) is 2.85. The minimum atomic E-state index is 0.0360. The molecule has 1 atom stereocenters. The van der Waals surface area contributed by atoms with Gasteiger partial charge in [-0.15, -0.1) is 0 Å². The highest BCUT2D eigenvalue weighted by Crippen LogP contribution is 2.23. The van der Waals surface area contributed by atoms with Crippen LogP contribution in [-0.4, -0.2) is 36.0 Å². The lowest BCUT2D eigenvalue weighted by molar-refractivity contribution is -0.124. The molecule has 0 spiro atoms. The number of hydrogen-bond acceptors (Lipinski definition) is 4. The predicted molar refractivity (Wildman–Crippen MR) is 86.5 cm³/mol. The first-order valence-electron chi connectivity index (χ1n) is 7.63. The quantitative estimate of drug-likeness (QED) is 0.942. The zero-order valence-corrected chi connectivity index (χ0v) is 12.7. The van der Waals surface area contributed by atoms with Gasteiger partial charge in [0.15, 0.2) is 5.82 Å². The van der Waals surface area contributed by atoms with Crippen LogP contribution in [0.2, 0.25) is 0 Å². The minimum Gasteiger partial charge on any atom is -0.359 e. The van der Waals surface area contributed by atoms with Gasteiger partial charge in [0.05, 0.1) is 5.92 Å². The van der Waals surface area contributed by atoms with Crippen molar-refractivity contribution in [3.8, 4) is 11.4 Å². The Morgan fingerprint density at radius 2 is 2.09 bits per heavy atom. The van der Waals surface area contributed by atoms with Crippen LogP contribution in [0, 0.1) is 5.92 Å². The van der Waals surface area contributed by atoms with Gasteiger partial charge in [-0.2, -0.15) is 0 Å². The van der Waals surface area contributed by atoms with Gasteiger partial charge >= 0.3 is 0 Å². The fraction of sp³-hybridized carbons (Fsp3) is 0.353. The third-order valence-electron chi connectivity index (χ3n) is 4.04. The lowest BCUT2D eigenvalue weighted by atomic mass is 9.97. The second-order valence-corrected chi connectivity index (χ2v) is 5.50. The van der Waals surface area contributed by atoms with Crippen molar-refractivity contribution < 1.29 is 4.79 Å². The number of nitrogens with zero attached hydrogens (tertiary/aromatic N) is 3. The van der Waals surface area contributed by atoms with Crippen LogP contribution in [0.3, 0.4) is 0 Å². The van der Waals surface area contributed by atoms with E-state index in [4.69, 9.17) is 0 Å². The first-order valence-corrected chi connectivity index (χ1v) is 7.63. The van der Waals surface area contributed by atoms with Crippen molar-refractivity contribution in [1.29, 1.82) is 0 Å². The van der Waals surface area contributed by atoms with E-state index in [2.05, 4.69) is 20.2 Å². The van der Waals surface area contributed by atoms with Gasteiger partial charge < -0.3 is 10.2 Å². The fourth-order valence-corrected chi connectivity index (χ4v) is 2.85. The maximum absolute atomic E-state index is 11.9.